The Kier molecular flexibility index (Phi) is 3.07. The summed E-state index contributed by atoms with van der Waals surface area (Å²) >= 11 is 0. The molecule has 4 rings (SSSR count). The van der Waals surface area contributed by atoms with E-state index in [0.717, 1.165) is 28.6 Å². The quantitative estimate of drug-likeness (QED) is 0.724. The van der Waals surface area contributed by atoms with Crippen LogP contribution in [0.25, 0.3) is 17.1 Å². The number of hydrogen-bond donors (Lipinski definition) is 0. The Morgan fingerprint density at radius 2 is 1.73 bits per heavy atom. The molecule has 0 unspecified atom stereocenters. The van der Waals surface area contributed by atoms with E-state index in [0.29, 0.717) is 13.2 Å². The van der Waals surface area contributed by atoms with E-state index in [9.17, 15) is 0 Å². The summed E-state index contributed by atoms with van der Waals surface area (Å²) in [6.45, 7) is 3.27. The Labute approximate surface area is 129 Å². The number of aryl methyl sites for hydroxylation is 1. The number of fused-ring (bicyclic) bond motifs is 1. The third-order valence-electron chi connectivity index (χ3n) is 3.75. The van der Waals surface area contributed by atoms with E-state index in [1.54, 1.807) is 0 Å². The fourth-order valence-corrected chi connectivity index (χ4v) is 2.61. The van der Waals surface area contributed by atoms with Crippen molar-refractivity contribution >= 4 is 0 Å². The van der Waals surface area contributed by atoms with Gasteiger partial charge in [0.15, 0.2) is 11.5 Å². The molecule has 0 N–H and O–H groups in total. The Morgan fingerprint density at radius 1 is 0.955 bits per heavy atom. The van der Waals surface area contributed by atoms with Crippen molar-refractivity contribution in [3.8, 4) is 28.6 Å². The first-order valence-electron chi connectivity index (χ1n) is 7.32. The molecule has 1 aromatic heterocycles. The van der Waals surface area contributed by atoms with Crippen LogP contribution in [0.1, 0.15) is 5.56 Å². The molecular weight excluding hydrogens is 276 g/mol. The zero-order valence-corrected chi connectivity index (χ0v) is 12.3. The van der Waals surface area contributed by atoms with E-state index in [1.165, 1.54) is 5.56 Å². The Hall–Kier alpha value is -2.75. The lowest BCUT2D eigenvalue weighted by Crippen LogP contribution is -2.15. The van der Waals surface area contributed by atoms with Gasteiger partial charge in [-0.15, -0.1) is 0 Å². The zero-order chi connectivity index (χ0) is 14.9. The van der Waals surface area contributed by atoms with Crippen LogP contribution in [0.3, 0.4) is 0 Å². The van der Waals surface area contributed by atoms with Gasteiger partial charge in [-0.1, -0.05) is 29.8 Å². The molecule has 22 heavy (non-hydrogen) atoms. The molecule has 110 valence electrons. The fraction of sp³-hybridized carbons (Fsp3) is 0.167. The van der Waals surface area contributed by atoms with Gasteiger partial charge in [0.2, 0.25) is 0 Å². The van der Waals surface area contributed by atoms with Crippen molar-refractivity contribution in [2.75, 3.05) is 13.2 Å². The van der Waals surface area contributed by atoms with Crippen molar-refractivity contribution in [3.63, 3.8) is 0 Å². The largest absolute Gasteiger partial charge is 0.486 e. The summed E-state index contributed by atoms with van der Waals surface area (Å²) in [6, 6.07) is 14.3. The predicted octanol–water partition coefficient (Wildman–Crippen LogP) is 3.62. The van der Waals surface area contributed by atoms with Crippen molar-refractivity contribution in [1.82, 2.24) is 9.55 Å². The highest BCUT2D eigenvalue weighted by atomic mass is 16.6. The van der Waals surface area contributed by atoms with Gasteiger partial charge < -0.3 is 9.47 Å². The Balaban J connectivity index is 1.78. The lowest BCUT2D eigenvalue weighted by molar-refractivity contribution is 0.171. The highest BCUT2D eigenvalue weighted by Gasteiger charge is 2.14. The van der Waals surface area contributed by atoms with Crippen LogP contribution in [-0.4, -0.2) is 22.8 Å². The SMILES string of the molecule is Cc1ccc(-c2nccn2-c2ccc3c(c2)OCCO3)cc1. The number of rotatable bonds is 2. The summed E-state index contributed by atoms with van der Waals surface area (Å²) in [5.74, 6) is 2.50. The topological polar surface area (TPSA) is 36.3 Å². The van der Waals surface area contributed by atoms with Crippen LogP contribution in [0.4, 0.5) is 0 Å². The van der Waals surface area contributed by atoms with Crippen LogP contribution in [0.2, 0.25) is 0 Å². The smallest absolute Gasteiger partial charge is 0.163 e. The minimum absolute atomic E-state index is 0.588. The fourth-order valence-electron chi connectivity index (χ4n) is 2.61. The van der Waals surface area contributed by atoms with Crippen LogP contribution in [0, 0.1) is 6.92 Å². The average molecular weight is 292 g/mol. The van der Waals surface area contributed by atoms with Gasteiger partial charge in [0, 0.05) is 24.0 Å². The summed E-state index contributed by atoms with van der Waals surface area (Å²) in [7, 11) is 0. The molecule has 0 radical (unpaired) electrons. The maximum atomic E-state index is 5.66. The zero-order valence-electron chi connectivity index (χ0n) is 12.3. The molecule has 3 aromatic rings. The molecule has 0 atom stereocenters. The van der Waals surface area contributed by atoms with Crippen molar-refractivity contribution < 1.29 is 9.47 Å². The van der Waals surface area contributed by atoms with E-state index in [-0.39, 0.29) is 0 Å². The monoisotopic (exact) mass is 292 g/mol. The van der Waals surface area contributed by atoms with Gasteiger partial charge in [-0.2, -0.15) is 0 Å². The van der Waals surface area contributed by atoms with Gasteiger partial charge in [-0.3, -0.25) is 4.57 Å². The molecule has 4 nitrogen and oxygen atoms in total. The summed E-state index contributed by atoms with van der Waals surface area (Å²) in [5.41, 5.74) is 3.34. The van der Waals surface area contributed by atoms with Gasteiger partial charge >= 0.3 is 0 Å². The van der Waals surface area contributed by atoms with Crippen molar-refractivity contribution in [3.05, 3.63) is 60.4 Å². The Bertz CT molecular complexity index is 806. The first kappa shape index (κ1) is 13.0. The second-order valence-electron chi connectivity index (χ2n) is 5.31. The minimum atomic E-state index is 0.588. The molecule has 2 heterocycles. The highest BCUT2D eigenvalue weighted by molar-refractivity contribution is 5.60. The number of imidazole rings is 1. The predicted molar refractivity (Wildman–Crippen MR) is 84.7 cm³/mol. The molecular formula is C18H16N2O2. The lowest BCUT2D eigenvalue weighted by Gasteiger charge is -2.19. The van der Waals surface area contributed by atoms with Gasteiger partial charge in [0.25, 0.3) is 0 Å². The molecule has 0 fully saturated rings. The first-order valence-corrected chi connectivity index (χ1v) is 7.32. The summed E-state index contributed by atoms with van der Waals surface area (Å²) in [4.78, 5) is 4.50. The van der Waals surface area contributed by atoms with Crippen LogP contribution in [-0.2, 0) is 0 Å². The van der Waals surface area contributed by atoms with E-state index >= 15 is 0 Å². The minimum Gasteiger partial charge on any atom is -0.486 e. The molecule has 2 aromatic carbocycles. The summed E-state index contributed by atoms with van der Waals surface area (Å²) in [5, 5.41) is 0. The van der Waals surface area contributed by atoms with E-state index in [2.05, 4.69) is 40.7 Å². The highest BCUT2D eigenvalue weighted by Crippen LogP contribution is 2.33. The molecule has 0 spiro atoms. The third-order valence-corrected chi connectivity index (χ3v) is 3.75. The van der Waals surface area contributed by atoms with Crippen molar-refractivity contribution in [1.29, 1.82) is 0 Å². The lowest BCUT2D eigenvalue weighted by atomic mass is 10.1. The van der Waals surface area contributed by atoms with E-state index < -0.39 is 0 Å². The number of ether oxygens (including phenoxy) is 2. The Morgan fingerprint density at radius 3 is 2.55 bits per heavy atom. The number of nitrogens with zero attached hydrogens (tertiary/aromatic N) is 2. The van der Waals surface area contributed by atoms with Crippen LogP contribution >= 0.6 is 0 Å². The van der Waals surface area contributed by atoms with Crippen LogP contribution in [0.5, 0.6) is 11.5 Å². The summed E-state index contributed by atoms with van der Waals surface area (Å²) in [6.07, 6.45) is 3.77. The second kappa shape index (κ2) is 5.22. The van der Waals surface area contributed by atoms with Gasteiger partial charge in [0.1, 0.15) is 19.0 Å². The summed E-state index contributed by atoms with van der Waals surface area (Å²) < 4.78 is 13.3. The van der Waals surface area contributed by atoms with Gasteiger partial charge in [-0.25, -0.2) is 4.98 Å². The molecule has 0 saturated heterocycles. The third kappa shape index (κ3) is 2.22. The second-order valence-corrected chi connectivity index (χ2v) is 5.31. The normalized spacial score (nSPS) is 13.1. The number of aromatic nitrogens is 2. The maximum absolute atomic E-state index is 5.66. The number of hydrogen-bond acceptors (Lipinski definition) is 3. The maximum Gasteiger partial charge on any atom is 0.163 e. The van der Waals surface area contributed by atoms with Crippen molar-refractivity contribution in [2.24, 2.45) is 0 Å². The molecule has 0 bridgehead atoms. The average Bonchev–Trinajstić information content (AvgIpc) is 3.05. The standard InChI is InChI=1S/C18H16N2O2/c1-13-2-4-14(5-3-13)18-19-8-9-20(18)15-6-7-16-17(12-15)22-11-10-21-16/h2-9,12H,10-11H2,1H3. The van der Waals surface area contributed by atoms with Gasteiger partial charge in [0.05, 0.1) is 5.69 Å². The molecule has 0 saturated carbocycles. The van der Waals surface area contributed by atoms with Crippen LogP contribution < -0.4 is 9.47 Å². The molecule has 0 aliphatic carbocycles. The molecule has 1 aliphatic heterocycles. The van der Waals surface area contributed by atoms with E-state index in [4.69, 9.17) is 9.47 Å². The van der Waals surface area contributed by atoms with Gasteiger partial charge in [-0.05, 0) is 19.1 Å². The first-order chi connectivity index (χ1) is 10.8. The number of benzene rings is 2. The van der Waals surface area contributed by atoms with Crippen LogP contribution in [0.15, 0.2) is 54.9 Å². The molecule has 4 heteroatoms. The molecule has 1 aliphatic rings. The van der Waals surface area contributed by atoms with Crippen molar-refractivity contribution in [2.45, 2.75) is 6.92 Å². The molecule has 0 amide bonds. The van der Waals surface area contributed by atoms with E-state index in [1.807, 2.05) is 30.6 Å².